The maximum Gasteiger partial charge on any atom is 0.318 e. The van der Waals surface area contributed by atoms with Crippen molar-refractivity contribution in [2.75, 3.05) is 25.0 Å². The van der Waals surface area contributed by atoms with Crippen molar-refractivity contribution >= 4 is 18.4 Å². The van der Waals surface area contributed by atoms with Crippen molar-refractivity contribution in [3.63, 3.8) is 0 Å². The normalized spacial score (nSPS) is 10.2. The van der Waals surface area contributed by atoms with E-state index in [1.165, 1.54) is 12.8 Å². The van der Waals surface area contributed by atoms with Gasteiger partial charge in [0.1, 0.15) is 0 Å². The van der Waals surface area contributed by atoms with Crippen molar-refractivity contribution in [3.05, 3.63) is 5.89 Å². The largest absolute Gasteiger partial charge is 0.407 e. The first-order valence-corrected chi connectivity index (χ1v) is 6.53. The van der Waals surface area contributed by atoms with Gasteiger partial charge in [-0.2, -0.15) is 0 Å². The number of nitrogens with one attached hydrogen (secondary N) is 1. The third-order valence-electron chi connectivity index (χ3n) is 2.62. The van der Waals surface area contributed by atoms with Gasteiger partial charge < -0.3 is 14.6 Å². The molecular weight excluding hydrogens is 252 g/mol. The Bertz CT molecular complexity index is 298. The third kappa shape index (κ3) is 5.69. The van der Waals surface area contributed by atoms with Crippen molar-refractivity contribution in [2.24, 2.45) is 0 Å². The molecule has 0 bridgehead atoms. The molecule has 1 N–H and O–H groups in total. The monoisotopic (exact) mass is 276 g/mol. The summed E-state index contributed by atoms with van der Waals surface area (Å²) in [5.41, 5.74) is 0. The Morgan fingerprint density at radius 1 is 1.11 bits per heavy atom. The van der Waals surface area contributed by atoms with Gasteiger partial charge in [0.15, 0.2) is 0 Å². The molecule has 1 aromatic rings. The molecule has 106 valence electrons. The van der Waals surface area contributed by atoms with Gasteiger partial charge in [-0.15, -0.1) is 17.5 Å². The van der Waals surface area contributed by atoms with Crippen LogP contribution in [0.3, 0.4) is 0 Å². The minimum Gasteiger partial charge on any atom is -0.407 e. The lowest BCUT2D eigenvalue weighted by molar-refractivity contribution is 0.466. The molecule has 1 heterocycles. The summed E-state index contributed by atoms with van der Waals surface area (Å²) in [5, 5.41) is 11.1. The van der Waals surface area contributed by atoms with Gasteiger partial charge in [-0.05, 0) is 19.9 Å². The van der Waals surface area contributed by atoms with E-state index in [1.807, 2.05) is 7.05 Å². The lowest BCUT2D eigenvalue weighted by atomic mass is 10.3. The second kappa shape index (κ2) is 10.1. The third-order valence-corrected chi connectivity index (χ3v) is 2.62. The van der Waals surface area contributed by atoms with Crippen LogP contribution < -0.4 is 10.2 Å². The molecule has 0 aliphatic carbocycles. The van der Waals surface area contributed by atoms with Crippen molar-refractivity contribution in [3.8, 4) is 0 Å². The smallest absolute Gasteiger partial charge is 0.318 e. The van der Waals surface area contributed by atoms with Crippen LogP contribution in [0.2, 0.25) is 0 Å². The first kappa shape index (κ1) is 17.2. The van der Waals surface area contributed by atoms with Gasteiger partial charge in [-0.1, -0.05) is 31.8 Å². The number of unbranched alkanes of at least 4 members (excludes halogenated alkanes) is 2. The van der Waals surface area contributed by atoms with E-state index in [0.717, 1.165) is 25.9 Å². The predicted octanol–water partition coefficient (Wildman–Crippen LogP) is 2.62. The first-order valence-electron chi connectivity index (χ1n) is 6.53. The molecule has 0 spiro atoms. The number of nitrogens with zero attached hydrogens (tertiary/aromatic N) is 3. The van der Waals surface area contributed by atoms with Gasteiger partial charge in [-0.25, -0.2) is 0 Å². The minimum atomic E-state index is 0. The average Bonchev–Trinajstić information content (AvgIpc) is 2.78. The summed E-state index contributed by atoms with van der Waals surface area (Å²) in [6.45, 7) is 7.01. The SMILES string of the molecule is CCCCN(CCCC)c1nnc(CNC)o1.Cl. The Kier molecular flexibility index (Phi) is 9.69. The Balaban J connectivity index is 0.00000289. The van der Waals surface area contributed by atoms with Gasteiger partial charge in [0.25, 0.3) is 0 Å². The van der Waals surface area contributed by atoms with E-state index in [2.05, 4.69) is 34.3 Å². The van der Waals surface area contributed by atoms with Crippen LogP contribution in [-0.2, 0) is 6.54 Å². The molecule has 18 heavy (non-hydrogen) atoms. The van der Waals surface area contributed by atoms with Gasteiger partial charge in [0, 0.05) is 13.1 Å². The van der Waals surface area contributed by atoms with Crippen molar-refractivity contribution in [2.45, 2.75) is 46.1 Å². The van der Waals surface area contributed by atoms with E-state index in [1.54, 1.807) is 0 Å². The Labute approximate surface area is 116 Å². The fourth-order valence-corrected chi connectivity index (χ4v) is 1.60. The highest BCUT2D eigenvalue weighted by Crippen LogP contribution is 2.14. The van der Waals surface area contributed by atoms with Crippen molar-refractivity contribution in [1.82, 2.24) is 15.5 Å². The fraction of sp³-hybridized carbons (Fsp3) is 0.833. The summed E-state index contributed by atoms with van der Waals surface area (Å²) in [5.74, 6) is 0.653. The van der Waals surface area contributed by atoms with E-state index < -0.39 is 0 Å². The van der Waals surface area contributed by atoms with E-state index in [-0.39, 0.29) is 12.4 Å². The molecule has 0 amide bonds. The van der Waals surface area contributed by atoms with E-state index in [4.69, 9.17) is 4.42 Å². The molecule has 0 unspecified atom stereocenters. The Morgan fingerprint density at radius 3 is 2.22 bits per heavy atom. The molecule has 1 rings (SSSR count). The zero-order chi connectivity index (χ0) is 12.5. The fourth-order valence-electron chi connectivity index (χ4n) is 1.60. The number of aromatic nitrogens is 2. The molecule has 0 radical (unpaired) electrons. The van der Waals surface area contributed by atoms with E-state index >= 15 is 0 Å². The summed E-state index contributed by atoms with van der Waals surface area (Å²) in [4.78, 5) is 2.19. The van der Waals surface area contributed by atoms with Crippen LogP contribution in [0.5, 0.6) is 0 Å². The summed E-state index contributed by atoms with van der Waals surface area (Å²) in [6, 6.07) is 0.664. The highest BCUT2D eigenvalue weighted by Gasteiger charge is 2.13. The molecule has 0 aliphatic heterocycles. The molecule has 0 saturated heterocycles. The van der Waals surface area contributed by atoms with Gasteiger partial charge in [0.05, 0.1) is 6.54 Å². The zero-order valence-corrected chi connectivity index (χ0v) is 12.4. The van der Waals surface area contributed by atoms with Crippen LogP contribution in [0.15, 0.2) is 4.42 Å². The summed E-state index contributed by atoms with van der Waals surface area (Å²) in [6.07, 6.45) is 4.68. The number of hydrogen-bond donors (Lipinski definition) is 1. The standard InChI is InChI=1S/C12H24N4O.ClH/c1-4-6-8-16(9-7-5-2)12-15-14-11(17-12)10-13-3;/h13H,4-10H2,1-3H3;1H. The van der Waals surface area contributed by atoms with Gasteiger partial charge in [-0.3, -0.25) is 0 Å². The number of halogens is 1. The molecule has 0 aromatic carbocycles. The van der Waals surface area contributed by atoms with Crippen molar-refractivity contribution in [1.29, 1.82) is 0 Å². The van der Waals surface area contributed by atoms with Crippen LogP contribution in [0.25, 0.3) is 0 Å². The molecule has 0 fully saturated rings. The van der Waals surface area contributed by atoms with Crippen LogP contribution in [0.1, 0.15) is 45.4 Å². The molecule has 5 nitrogen and oxygen atoms in total. The van der Waals surface area contributed by atoms with Crippen LogP contribution in [-0.4, -0.2) is 30.3 Å². The highest BCUT2D eigenvalue weighted by molar-refractivity contribution is 5.85. The van der Waals surface area contributed by atoms with Gasteiger partial charge in [0.2, 0.25) is 5.89 Å². The van der Waals surface area contributed by atoms with Crippen LogP contribution >= 0.6 is 12.4 Å². The summed E-state index contributed by atoms with van der Waals surface area (Å²) in [7, 11) is 1.87. The summed E-state index contributed by atoms with van der Waals surface area (Å²) < 4.78 is 5.62. The van der Waals surface area contributed by atoms with E-state index in [9.17, 15) is 0 Å². The summed E-state index contributed by atoms with van der Waals surface area (Å²) >= 11 is 0. The quantitative estimate of drug-likeness (QED) is 0.751. The van der Waals surface area contributed by atoms with Crippen LogP contribution in [0.4, 0.5) is 6.01 Å². The molecule has 6 heteroatoms. The van der Waals surface area contributed by atoms with Crippen LogP contribution in [0, 0.1) is 0 Å². The Hall–Kier alpha value is -0.810. The lowest BCUT2D eigenvalue weighted by Gasteiger charge is -2.19. The lowest BCUT2D eigenvalue weighted by Crippen LogP contribution is -2.25. The van der Waals surface area contributed by atoms with E-state index in [0.29, 0.717) is 18.5 Å². The topological polar surface area (TPSA) is 54.2 Å². The number of rotatable bonds is 9. The highest BCUT2D eigenvalue weighted by atomic mass is 35.5. The first-order chi connectivity index (χ1) is 8.31. The molecule has 1 aromatic heterocycles. The number of anilines is 1. The zero-order valence-electron chi connectivity index (χ0n) is 11.6. The molecule has 0 atom stereocenters. The van der Waals surface area contributed by atoms with Gasteiger partial charge >= 0.3 is 6.01 Å². The minimum absolute atomic E-state index is 0. The predicted molar refractivity (Wildman–Crippen MR) is 76.3 cm³/mol. The molecule has 0 aliphatic rings. The Morgan fingerprint density at radius 2 is 1.72 bits per heavy atom. The molecular formula is C12H25ClN4O. The second-order valence-corrected chi connectivity index (χ2v) is 4.20. The van der Waals surface area contributed by atoms with Crippen molar-refractivity contribution < 1.29 is 4.42 Å². The maximum atomic E-state index is 5.62. The molecule has 0 saturated carbocycles. The number of hydrogen-bond acceptors (Lipinski definition) is 5. The second-order valence-electron chi connectivity index (χ2n) is 4.20. The average molecular weight is 277 g/mol. The maximum absolute atomic E-state index is 5.62.